The Bertz CT molecular complexity index is 1570. The lowest BCUT2D eigenvalue weighted by atomic mass is 10.1. The molecule has 0 saturated carbocycles. The maximum atomic E-state index is 13.6. The Balaban J connectivity index is 1.45. The molecule has 2 N–H and O–H groups in total. The van der Waals surface area contributed by atoms with Gasteiger partial charge in [0.1, 0.15) is 18.5 Å². The fraction of sp³-hybridized carbons (Fsp3) is 0.200. The number of nitrogens with zero attached hydrogens (tertiary/aromatic N) is 7. The summed E-state index contributed by atoms with van der Waals surface area (Å²) in [4.78, 5) is 37.9. The number of benzene rings is 2. The highest BCUT2D eigenvalue weighted by molar-refractivity contribution is 6.07. The molecule has 2 aromatic carbocycles. The molecule has 5 rings (SSSR count). The highest BCUT2D eigenvalue weighted by atomic mass is 19.4. The molecule has 4 aromatic rings. The SMILES string of the molecule is CNc1ncc2c(n1)N(C)C(=O)N(c1cc(NC(=O)c3cc(-n4cnnc4)cc(C(F)(F)F)c3)ccc1C)C2. The minimum atomic E-state index is -4.68. The average molecular weight is 538 g/mol. The first-order chi connectivity index (χ1) is 18.5. The molecule has 0 spiro atoms. The van der Waals surface area contributed by atoms with E-state index in [0.717, 1.165) is 23.3 Å². The second kappa shape index (κ2) is 9.70. The van der Waals surface area contributed by atoms with E-state index in [1.165, 1.54) is 33.1 Å². The smallest absolute Gasteiger partial charge is 0.357 e. The number of halogens is 3. The van der Waals surface area contributed by atoms with Crippen molar-refractivity contribution in [2.24, 2.45) is 0 Å². The van der Waals surface area contributed by atoms with E-state index in [9.17, 15) is 22.8 Å². The minimum absolute atomic E-state index is 0.0776. The first-order valence-electron chi connectivity index (χ1n) is 11.6. The van der Waals surface area contributed by atoms with Gasteiger partial charge < -0.3 is 10.6 Å². The fourth-order valence-electron chi connectivity index (χ4n) is 4.19. The molecule has 0 fully saturated rings. The summed E-state index contributed by atoms with van der Waals surface area (Å²) in [5.41, 5.74) is 1.15. The average Bonchev–Trinajstić information content (AvgIpc) is 3.46. The van der Waals surface area contributed by atoms with Crippen LogP contribution in [0.3, 0.4) is 0 Å². The molecular formula is C25H22F3N9O2. The highest BCUT2D eigenvalue weighted by Crippen LogP contribution is 2.34. The number of hydrogen-bond donors (Lipinski definition) is 2. The maximum Gasteiger partial charge on any atom is 0.416 e. The summed E-state index contributed by atoms with van der Waals surface area (Å²) in [5.74, 6) is 0.0987. The van der Waals surface area contributed by atoms with Crippen LogP contribution in [0.2, 0.25) is 0 Å². The molecule has 0 aliphatic carbocycles. The fourth-order valence-corrected chi connectivity index (χ4v) is 4.19. The molecule has 0 atom stereocenters. The number of anilines is 4. The molecule has 0 bridgehead atoms. The summed E-state index contributed by atoms with van der Waals surface area (Å²) in [7, 11) is 3.28. The van der Waals surface area contributed by atoms with E-state index in [1.54, 1.807) is 38.5 Å². The first-order valence-corrected chi connectivity index (χ1v) is 11.6. The van der Waals surface area contributed by atoms with Crippen LogP contribution in [0.5, 0.6) is 0 Å². The summed E-state index contributed by atoms with van der Waals surface area (Å²) >= 11 is 0. The van der Waals surface area contributed by atoms with Crippen molar-refractivity contribution in [2.45, 2.75) is 19.6 Å². The number of amides is 3. The van der Waals surface area contributed by atoms with Crippen molar-refractivity contribution in [3.8, 4) is 5.69 Å². The van der Waals surface area contributed by atoms with E-state index in [4.69, 9.17) is 0 Å². The van der Waals surface area contributed by atoms with Gasteiger partial charge in [0.2, 0.25) is 5.95 Å². The number of alkyl halides is 3. The topological polar surface area (TPSA) is 121 Å². The second-order valence-corrected chi connectivity index (χ2v) is 8.81. The van der Waals surface area contributed by atoms with Crippen LogP contribution in [0.4, 0.5) is 41.1 Å². The molecule has 0 unspecified atom stereocenters. The van der Waals surface area contributed by atoms with Gasteiger partial charge in [0.05, 0.1) is 17.8 Å². The third-order valence-corrected chi connectivity index (χ3v) is 6.21. The van der Waals surface area contributed by atoms with Crippen molar-refractivity contribution in [2.75, 3.05) is 34.5 Å². The standard InChI is InChI=1S/C25H22F3N9O2/c1-14-4-5-18(9-20(14)37-11-16-10-30-23(29-2)34-21(16)35(3)24(37)39)33-22(38)15-6-17(25(26,27)28)8-19(7-15)36-12-31-32-13-36/h4-10,12-13H,11H2,1-3H3,(H,33,38)(H,29,30,34). The lowest BCUT2D eigenvalue weighted by Crippen LogP contribution is -2.46. The van der Waals surface area contributed by atoms with Crippen LogP contribution in [-0.2, 0) is 12.7 Å². The van der Waals surface area contributed by atoms with Crippen LogP contribution in [0.1, 0.15) is 27.0 Å². The maximum absolute atomic E-state index is 13.6. The molecule has 3 amide bonds. The van der Waals surface area contributed by atoms with Crippen molar-refractivity contribution in [1.29, 1.82) is 0 Å². The van der Waals surface area contributed by atoms with Crippen LogP contribution in [0, 0.1) is 6.92 Å². The molecule has 39 heavy (non-hydrogen) atoms. The zero-order valence-corrected chi connectivity index (χ0v) is 21.0. The lowest BCUT2D eigenvalue weighted by molar-refractivity contribution is -0.137. The predicted octanol–water partition coefficient (Wildman–Crippen LogP) is 4.25. The van der Waals surface area contributed by atoms with Gasteiger partial charge in [-0.3, -0.25) is 19.2 Å². The number of aromatic nitrogens is 5. The Morgan fingerprint density at radius 1 is 1.08 bits per heavy atom. The van der Waals surface area contributed by atoms with Crippen LogP contribution < -0.4 is 20.4 Å². The van der Waals surface area contributed by atoms with Crippen molar-refractivity contribution < 1.29 is 22.8 Å². The van der Waals surface area contributed by atoms with Gasteiger partial charge in [-0.25, -0.2) is 9.78 Å². The molecule has 11 nitrogen and oxygen atoms in total. The molecule has 2 aromatic heterocycles. The van der Waals surface area contributed by atoms with Crippen LogP contribution in [0.15, 0.2) is 55.2 Å². The number of aryl methyl sites for hydroxylation is 1. The van der Waals surface area contributed by atoms with E-state index in [-0.39, 0.29) is 23.8 Å². The number of urea groups is 1. The van der Waals surface area contributed by atoms with Gasteiger partial charge in [-0.15, -0.1) is 10.2 Å². The van der Waals surface area contributed by atoms with Crippen LogP contribution in [-0.4, -0.2) is 50.8 Å². The number of carbonyl (C=O) groups excluding carboxylic acids is 2. The summed E-state index contributed by atoms with van der Waals surface area (Å²) < 4.78 is 42.0. The Hall–Kier alpha value is -5.01. The van der Waals surface area contributed by atoms with E-state index >= 15 is 0 Å². The van der Waals surface area contributed by atoms with Gasteiger partial charge in [-0.05, 0) is 42.8 Å². The van der Waals surface area contributed by atoms with Gasteiger partial charge in [0, 0.05) is 42.8 Å². The Kier molecular flexibility index (Phi) is 6.38. The molecule has 3 heterocycles. The quantitative estimate of drug-likeness (QED) is 0.390. The number of carbonyl (C=O) groups is 2. The Labute approximate surface area is 220 Å². The second-order valence-electron chi connectivity index (χ2n) is 8.81. The lowest BCUT2D eigenvalue weighted by Gasteiger charge is -2.35. The third kappa shape index (κ3) is 4.95. The molecule has 1 aliphatic rings. The molecule has 1 aliphatic heterocycles. The minimum Gasteiger partial charge on any atom is -0.357 e. The molecule has 200 valence electrons. The summed E-state index contributed by atoms with van der Waals surface area (Å²) in [6.07, 6.45) is -0.575. The molecule has 0 saturated heterocycles. The first kappa shape index (κ1) is 25.6. The largest absolute Gasteiger partial charge is 0.416 e. The van der Waals surface area contributed by atoms with Crippen LogP contribution in [0.25, 0.3) is 5.69 Å². The van der Waals surface area contributed by atoms with Crippen molar-refractivity contribution >= 4 is 35.1 Å². The molecular weight excluding hydrogens is 515 g/mol. The Morgan fingerprint density at radius 2 is 1.82 bits per heavy atom. The Morgan fingerprint density at radius 3 is 2.51 bits per heavy atom. The van der Waals surface area contributed by atoms with E-state index in [0.29, 0.717) is 23.1 Å². The predicted molar refractivity (Wildman–Crippen MR) is 137 cm³/mol. The molecule has 0 radical (unpaired) electrons. The van der Waals surface area contributed by atoms with Crippen molar-refractivity contribution in [3.63, 3.8) is 0 Å². The van der Waals surface area contributed by atoms with Crippen LogP contribution >= 0.6 is 0 Å². The van der Waals surface area contributed by atoms with Crippen molar-refractivity contribution in [1.82, 2.24) is 24.7 Å². The van der Waals surface area contributed by atoms with Gasteiger partial charge >= 0.3 is 12.2 Å². The monoisotopic (exact) mass is 537 g/mol. The van der Waals surface area contributed by atoms with E-state index in [1.807, 2.05) is 6.92 Å². The summed E-state index contributed by atoms with van der Waals surface area (Å²) in [6.45, 7) is 2.00. The summed E-state index contributed by atoms with van der Waals surface area (Å²) in [5, 5.41) is 12.7. The zero-order chi connectivity index (χ0) is 27.9. The molecule has 14 heteroatoms. The van der Waals surface area contributed by atoms with Gasteiger partial charge in [-0.1, -0.05) is 6.07 Å². The van der Waals surface area contributed by atoms with E-state index in [2.05, 4.69) is 30.8 Å². The number of hydrogen-bond acceptors (Lipinski definition) is 7. The van der Waals surface area contributed by atoms with E-state index < -0.39 is 17.6 Å². The number of rotatable bonds is 5. The zero-order valence-electron chi connectivity index (χ0n) is 21.0. The van der Waals surface area contributed by atoms with Crippen molar-refractivity contribution in [3.05, 3.63) is 77.5 Å². The third-order valence-electron chi connectivity index (χ3n) is 6.21. The summed E-state index contributed by atoms with van der Waals surface area (Å²) in [6, 6.07) is 7.57. The van der Waals surface area contributed by atoms with Gasteiger partial charge in [0.25, 0.3) is 5.91 Å². The number of fused-ring (bicyclic) bond motifs is 1. The van der Waals surface area contributed by atoms with Gasteiger partial charge in [0.15, 0.2) is 0 Å². The normalized spacial score (nSPS) is 13.3. The van der Waals surface area contributed by atoms with Gasteiger partial charge in [-0.2, -0.15) is 18.2 Å². The highest BCUT2D eigenvalue weighted by Gasteiger charge is 2.33. The number of nitrogens with one attached hydrogen (secondary N) is 2.